The first-order chi connectivity index (χ1) is 9.51. The molecular formula is C14H9BrN2O3. The summed E-state index contributed by atoms with van der Waals surface area (Å²) >= 11 is 3.24. The van der Waals surface area contributed by atoms with Crippen LogP contribution in [-0.4, -0.2) is 16.1 Å². The largest absolute Gasteiger partial charge is 0.504 e. The molecule has 0 aliphatic heterocycles. The molecule has 0 heterocycles. The molecule has 20 heavy (non-hydrogen) atoms. The molecular weight excluding hydrogens is 324 g/mol. The Balaban J connectivity index is 2.28. The van der Waals surface area contributed by atoms with E-state index in [0.717, 1.165) is 10.5 Å². The van der Waals surface area contributed by atoms with Crippen molar-refractivity contribution in [3.8, 4) is 17.6 Å². The molecule has 1 amide bonds. The van der Waals surface area contributed by atoms with Crippen LogP contribution in [0.1, 0.15) is 15.9 Å². The molecule has 0 aromatic heterocycles. The van der Waals surface area contributed by atoms with Gasteiger partial charge in [-0.2, -0.15) is 5.26 Å². The van der Waals surface area contributed by atoms with Crippen LogP contribution in [-0.2, 0) is 0 Å². The third kappa shape index (κ3) is 2.90. The number of nitrogens with zero attached hydrogens (tertiary/aromatic N) is 1. The monoisotopic (exact) mass is 332 g/mol. The lowest BCUT2D eigenvalue weighted by Gasteiger charge is -2.08. The maximum Gasteiger partial charge on any atom is 0.255 e. The number of phenolic OH excluding ortho intramolecular Hbond substituents is 2. The van der Waals surface area contributed by atoms with Crippen LogP contribution < -0.4 is 5.32 Å². The SMILES string of the molecule is N#Cc1cc(Br)ccc1NC(=O)c1ccc(O)c(O)c1. The van der Waals surface area contributed by atoms with Gasteiger partial charge in [0.1, 0.15) is 6.07 Å². The molecule has 5 nitrogen and oxygen atoms in total. The first-order valence-corrected chi connectivity index (χ1v) is 6.33. The van der Waals surface area contributed by atoms with Gasteiger partial charge in [0.2, 0.25) is 0 Å². The van der Waals surface area contributed by atoms with Crippen molar-refractivity contribution < 1.29 is 15.0 Å². The molecule has 3 N–H and O–H groups in total. The highest BCUT2D eigenvalue weighted by Gasteiger charge is 2.11. The number of hydrogen-bond acceptors (Lipinski definition) is 4. The van der Waals surface area contributed by atoms with E-state index in [4.69, 9.17) is 5.26 Å². The minimum absolute atomic E-state index is 0.173. The number of phenols is 2. The Hall–Kier alpha value is -2.52. The van der Waals surface area contributed by atoms with Gasteiger partial charge in [0.25, 0.3) is 5.91 Å². The second-order valence-corrected chi connectivity index (χ2v) is 4.88. The van der Waals surface area contributed by atoms with Crippen LogP contribution in [0.25, 0.3) is 0 Å². The molecule has 6 heteroatoms. The number of amides is 1. The Morgan fingerprint density at radius 1 is 1.15 bits per heavy atom. The average molecular weight is 333 g/mol. The summed E-state index contributed by atoms with van der Waals surface area (Å²) < 4.78 is 0.731. The van der Waals surface area contributed by atoms with Crippen LogP contribution in [0, 0.1) is 11.3 Å². The van der Waals surface area contributed by atoms with E-state index in [1.807, 2.05) is 6.07 Å². The van der Waals surface area contributed by atoms with Gasteiger partial charge in [0.05, 0.1) is 11.3 Å². The molecule has 0 saturated carbocycles. The molecule has 0 radical (unpaired) electrons. The average Bonchev–Trinajstić information content (AvgIpc) is 2.43. The summed E-state index contributed by atoms with van der Waals surface area (Å²) in [6.07, 6.45) is 0. The van der Waals surface area contributed by atoms with Gasteiger partial charge in [-0.15, -0.1) is 0 Å². The highest BCUT2D eigenvalue weighted by Crippen LogP contribution is 2.26. The van der Waals surface area contributed by atoms with Crippen molar-refractivity contribution >= 4 is 27.5 Å². The van der Waals surface area contributed by atoms with Crippen LogP contribution in [0.5, 0.6) is 11.5 Å². The lowest BCUT2D eigenvalue weighted by atomic mass is 10.1. The standard InChI is InChI=1S/C14H9BrN2O3/c15-10-2-3-11(9(5-10)7-16)17-14(20)8-1-4-12(18)13(19)6-8/h1-6,18-19H,(H,17,20). The second-order valence-electron chi connectivity index (χ2n) is 3.96. The maximum atomic E-state index is 12.0. The van der Waals surface area contributed by atoms with Crippen LogP contribution in [0.15, 0.2) is 40.9 Å². The number of nitriles is 1. The molecule has 0 unspecified atom stereocenters. The van der Waals surface area contributed by atoms with Crippen molar-refractivity contribution in [2.24, 2.45) is 0 Å². The fourth-order valence-electron chi connectivity index (χ4n) is 1.58. The maximum absolute atomic E-state index is 12.0. The van der Waals surface area contributed by atoms with E-state index in [2.05, 4.69) is 21.2 Å². The van der Waals surface area contributed by atoms with Crippen molar-refractivity contribution in [1.29, 1.82) is 5.26 Å². The van der Waals surface area contributed by atoms with Gasteiger partial charge in [-0.05, 0) is 36.4 Å². The predicted molar refractivity (Wildman–Crippen MR) is 76.6 cm³/mol. The number of rotatable bonds is 2. The molecule has 2 rings (SSSR count). The van der Waals surface area contributed by atoms with E-state index >= 15 is 0 Å². The van der Waals surface area contributed by atoms with Gasteiger partial charge in [-0.1, -0.05) is 15.9 Å². The molecule has 2 aromatic carbocycles. The lowest BCUT2D eigenvalue weighted by Crippen LogP contribution is -2.12. The molecule has 0 saturated heterocycles. The number of benzene rings is 2. The number of carbonyl (C=O) groups excluding carboxylic acids is 1. The minimum atomic E-state index is -0.487. The number of anilines is 1. The van der Waals surface area contributed by atoms with Crippen molar-refractivity contribution in [2.75, 3.05) is 5.32 Å². The summed E-state index contributed by atoms with van der Waals surface area (Å²) in [5, 5.41) is 30.1. The molecule has 0 aliphatic rings. The Morgan fingerprint density at radius 2 is 1.90 bits per heavy atom. The van der Waals surface area contributed by atoms with E-state index in [-0.39, 0.29) is 17.1 Å². The summed E-state index contributed by atoms with van der Waals surface area (Å²) in [6, 6.07) is 10.6. The number of nitrogens with one attached hydrogen (secondary N) is 1. The third-order valence-electron chi connectivity index (χ3n) is 2.59. The summed E-state index contributed by atoms with van der Waals surface area (Å²) in [7, 11) is 0. The Kier molecular flexibility index (Phi) is 3.91. The van der Waals surface area contributed by atoms with Gasteiger partial charge in [0.15, 0.2) is 11.5 Å². The Morgan fingerprint density at radius 3 is 2.55 bits per heavy atom. The van der Waals surface area contributed by atoms with Gasteiger partial charge < -0.3 is 15.5 Å². The lowest BCUT2D eigenvalue weighted by molar-refractivity contribution is 0.102. The smallest absolute Gasteiger partial charge is 0.255 e. The highest BCUT2D eigenvalue weighted by atomic mass is 79.9. The molecule has 0 aliphatic carbocycles. The Bertz CT molecular complexity index is 723. The third-order valence-corrected chi connectivity index (χ3v) is 3.08. The summed E-state index contributed by atoms with van der Waals surface area (Å²) in [6.45, 7) is 0. The van der Waals surface area contributed by atoms with Crippen molar-refractivity contribution in [1.82, 2.24) is 0 Å². The van der Waals surface area contributed by atoms with Crippen molar-refractivity contribution in [3.05, 3.63) is 52.0 Å². The van der Waals surface area contributed by atoms with Crippen LogP contribution in [0.4, 0.5) is 5.69 Å². The summed E-state index contributed by atoms with van der Waals surface area (Å²) in [5.74, 6) is -1.17. The van der Waals surface area contributed by atoms with Crippen LogP contribution >= 0.6 is 15.9 Å². The summed E-state index contributed by atoms with van der Waals surface area (Å²) in [4.78, 5) is 12.0. The minimum Gasteiger partial charge on any atom is -0.504 e. The zero-order valence-corrected chi connectivity index (χ0v) is 11.7. The van der Waals surface area contributed by atoms with Gasteiger partial charge in [0, 0.05) is 10.0 Å². The molecule has 0 bridgehead atoms. The number of halogens is 1. The van der Waals surface area contributed by atoms with Crippen LogP contribution in [0.3, 0.4) is 0 Å². The fourth-order valence-corrected chi connectivity index (χ4v) is 1.94. The quantitative estimate of drug-likeness (QED) is 0.737. The van der Waals surface area contributed by atoms with E-state index in [0.29, 0.717) is 11.3 Å². The number of aromatic hydroxyl groups is 2. The highest BCUT2D eigenvalue weighted by molar-refractivity contribution is 9.10. The van der Waals surface area contributed by atoms with Crippen molar-refractivity contribution in [3.63, 3.8) is 0 Å². The van der Waals surface area contributed by atoms with Crippen molar-refractivity contribution in [2.45, 2.75) is 0 Å². The zero-order chi connectivity index (χ0) is 14.7. The van der Waals surface area contributed by atoms with Gasteiger partial charge in [-0.3, -0.25) is 4.79 Å². The molecule has 0 atom stereocenters. The van der Waals surface area contributed by atoms with E-state index in [1.54, 1.807) is 18.2 Å². The zero-order valence-electron chi connectivity index (χ0n) is 10.1. The predicted octanol–water partition coefficient (Wildman–Crippen LogP) is 2.98. The molecule has 100 valence electrons. The Labute approximate surface area is 123 Å². The van der Waals surface area contributed by atoms with Gasteiger partial charge >= 0.3 is 0 Å². The second kappa shape index (κ2) is 5.63. The molecule has 0 fully saturated rings. The number of hydrogen-bond donors (Lipinski definition) is 3. The van der Waals surface area contributed by atoms with Crippen LogP contribution in [0.2, 0.25) is 0 Å². The van der Waals surface area contributed by atoms with E-state index < -0.39 is 5.91 Å². The van der Waals surface area contributed by atoms with Gasteiger partial charge in [-0.25, -0.2) is 0 Å². The first kappa shape index (κ1) is 13.9. The summed E-state index contributed by atoms with van der Waals surface area (Å²) in [5.41, 5.74) is 0.857. The molecule has 2 aromatic rings. The first-order valence-electron chi connectivity index (χ1n) is 5.54. The topological polar surface area (TPSA) is 93.4 Å². The molecule has 0 spiro atoms. The normalized spacial score (nSPS) is 9.80. The fraction of sp³-hybridized carbons (Fsp3) is 0. The van der Waals surface area contributed by atoms with E-state index in [1.165, 1.54) is 12.1 Å². The number of carbonyl (C=O) groups is 1. The van der Waals surface area contributed by atoms with E-state index in [9.17, 15) is 15.0 Å².